The van der Waals surface area contributed by atoms with Gasteiger partial charge in [-0.05, 0) is 0 Å². The van der Waals surface area contributed by atoms with E-state index in [1.807, 2.05) is 0 Å². The van der Waals surface area contributed by atoms with Crippen molar-refractivity contribution in [3.63, 3.8) is 0 Å². The van der Waals surface area contributed by atoms with Gasteiger partial charge in [0.15, 0.2) is 0 Å². The average molecular weight is 512 g/mol. The molecule has 0 unspecified atom stereocenters. The summed E-state index contributed by atoms with van der Waals surface area (Å²) in [5, 5.41) is 0. The molecule has 2 radical (unpaired) electrons. The number of hydrogen-bond acceptors (Lipinski definition) is 12. The van der Waals surface area contributed by atoms with Gasteiger partial charge in [0.1, 0.15) is 0 Å². The first-order valence-electron chi connectivity index (χ1n) is 2.00. The molecule has 0 aliphatic rings. The van der Waals surface area contributed by atoms with Crippen molar-refractivity contribution in [3.05, 3.63) is 0 Å². The van der Waals surface area contributed by atoms with Gasteiger partial charge in [-0.3, -0.25) is 25.3 Å². The van der Waals surface area contributed by atoms with Crippen LogP contribution in [0.25, 0.3) is 0 Å². The molecule has 0 rings (SSSR count). The van der Waals surface area contributed by atoms with E-state index in [1.165, 1.54) is 0 Å². The van der Waals surface area contributed by atoms with Crippen molar-refractivity contribution in [1.29, 1.82) is 0 Å². The Kier molecular flexibility index (Phi) is 40.0. The smallest absolute Gasteiger partial charge is 0.759 e. The van der Waals surface area contributed by atoms with Crippen LogP contribution in [0.5, 0.6) is 0 Å². The van der Waals surface area contributed by atoms with E-state index >= 15 is 0 Å². The Morgan fingerprint density at radius 2 is 0.421 bits per heavy atom. The van der Waals surface area contributed by atoms with Crippen LogP contribution in [-0.2, 0) is 99.5 Å². The summed E-state index contributed by atoms with van der Waals surface area (Å²) in [5.41, 5.74) is 0. The molecule has 0 heterocycles. The van der Waals surface area contributed by atoms with Crippen molar-refractivity contribution in [2.45, 2.75) is 0 Å². The van der Waals surface area contributed by atoms with Crippen LogP contribution in [0.4, 0.5) is 0 Å². The molecule has 19 heteroatoms. The molecular weight excluding hydrogens is 512 g/mol. The Morgan fingerprint density at radius 3 is 0.421 bits per heavy atom. The predicted octanol–water partition coefficient (Wildman–Crippen LogP) is -4.02. The van der Waals surface area contributed by atoms with Crippen molar-refractivity contribution in [2.24, 2.45) is 0 Å². The van der Waals surface area contributed by atoms with E-state index in [0.29, 0.717) is 0 Å². The third-order valence-electron chi connectivity index (χ3n) is 0. The molecule has 0 N–H and O–H groups in total. The third kappa shape index (κ3) is 2160. The summed E-state index contributed by atoms with van der Waals surface area (Å²) in [5.74, 6) is 0. The van der Waals surface area contributed by atoms with Gasteiger partial charge < -0.3 is 27.3 Å². The Labute approximate surface area is 151 Å². The third-order valence-corrected chi connectivity index (χ3v) is 0. The van der Waals surface area contributed by atoms with Crippen LogP contribution >= 0.6 is 0 Å². The van der Waals surface area contributed by atoms with Crippen molar-refractivity contribution < 1.29 is 121 Å². The first kappa shape index (κ1) is 42.8. The van der Waals surface area contributed by atoms with Gasteiger partial charge in [0, 0.05) is 65.3 Å². The monoisotopic (exact) mass is 512 g/mol. The maximum absolute atomic E-state index is 8.52. The Bertz CT molecular complexity index is 346. The topological polar surface area (TPSA) is 241 Å². The maximum Gasteiger partial charge on any atom is 3.00 e. The molecule has 0 spiro atoms. The van der Waals surface area contributed by atoms with Crippen LogP contribution in [-0.4, -0.2) is 52.6 Å². The first-order valence-corrected chi connectivity index (χ1v) is 6.00. The zero-order valence-electron chi connectivity index (χ0n) is 7.54. The molecule has 0 bridgehead atoms. The molecule has 19 heavy (non-hydrogen) atoms. The van der Waals surface area contributed by atoms with Gasteiger partial charge >= 0.3 is 34.1 Å². The van der Waals surface area contributed by atoms with Crippen molar-refractivity contribution >= 4 is 31.2 Å². The van der Waals surface area contributed by atoms with E-state index in [1.54, 1.807) is 0 Å². The van der Waals surface area contributed by atoms with E-state index in [-0.39, 0.29) is 68.3 Å². The summed E-state index contributed by atoms with van der Waals surface area (Å²) in [4.78, 5) is 0. The summed E-state index contributed by atoms with van der Waals surface area (Å²) in [7, 11) is -15.5. The van der Waals surface area contributed by atoms with Gasteiger partial charge in [-0.2, -0.15) is 0 Å². The fraction of sp³-hybridized carbons (Fsp3) is 0. The molecule has 0 amide bonds. The van der Waals surface area contributed by atoms with E-state index in [9.17, 15) is 0 Å². The van der Waals surface area contributed by atoms with Gasteiger partial charge in [0.25, 0.3) is 0 Å². The van der Waals surface area contributed by atoms with Crippen LogP contribution in [0.15, 0.2) is 0 Å². The minimum absolute atomic E-state index is 0. The van der Waals surface area contributed by atoms with Crippen LogP contribution in [0.2, 0.25) is 0 Å². The predicted molar refractivity (Wildman–Crippen MR) is 31.4 cm³/mol. The minimum atomic E-state index is -5.17. The van der Waals surface area contributed by atoms with Crippen LogP contribution < -0.4 is 0 Å². The standard InChI is InChI=1S/4Fe.3H2O4S/c;;;;3*1-5(2,3)4/h;;;;3*(H2,1,2,3,4)/q;;2*+3;;;/p-6. The normalized spacial score (nSPS) is 9.16. The fourth-order valence-corrected chi connectivity index (χ4v) is 0. The average Bonchev–Trinajstić information content (AvgIpc) is 1.41. The Balaban J connectivity index is -0.0000000206. The molecular formula is Fe4O12S3. The van der Waals surface area contributed by atoms with Crippen LogP contribution in [0.3, 0.4) is 0 Å². The zero-order valence-corrected chi connectivity index (χ0v) is 14.4. The molecule has 0 atom stereocenters. The van der Waals surface area contributed by atoms with Crippen molar-refractivity contribution in [3.8, 4) is 0 Å². The molecule has 0 aromatic carbocycles. The largest absolute Gasteiger partial charge is 3.00 e. The minimum Gasteiger partial charge on any atom is -0.759 e. The summed E-state index contributed by atoms with van der Waals surface area (Å²) in [6, 6.07) is 0. The molecule has 0 aliphatic carbocycles. The zero-order chi connectivity index (χ0) is 13.5. The van der Waals surface area contributed by atoms with Gasteiger partial charge in [0.05, 0.1) is 0 Å². The van der Waals surface area contributed by atoms with Gasteiger partial charge in [0.2, 0.25) is 0 Å². The molecule has 0 aromatic heterocycles. The second kappa shape index (κ2) is 17.7. The first-order chi connectivity index (χ1) is 6.00. The summed E-state index contributed by atoms with van der Waals surface area (Å²) < 4.78 is 102. The van der Waals surface area contributed by atoms with Gasteiger partial charge in [-0.15, -0.1) is 0 Å². The van der Waals surface area contributed by atoms with Crippen molar-refractivity contribution in [1.82, 2.24) is 0 Å². The number of rotatable bonds is 0. The molecule has 0 saturated carbocycles. The van der Waals surface area contributed by atoms with Gasteiger partial charge in [-0.25, -0.2) is 0 Å². The number of hydrogen-bond donors (Lipinski definition) is 0. The van der Waals surface area contributed by atoms with E-state index < -0.39 is 31.2 Å². The quantitative estimate of drug-likeness (QED) is 0.171. The summed E-state index contributed by atoms with van der Waals surface area (Å²) >= 11 is 0. The second-order valence-electron chi connectivity index (χ2n) is 1.22. The maximum atomic E-state index is 8.52. The molecule has 12 nitrogen and oxygen atoms in total. The molecule has 0 fully saturated rings. The van der Waals surface area contributed by atoms with E-state index in [0.717, 1.165) is 0 Å². The van der Waals surface area contributed by atoms with Crippen LogP contribution in [0, 0.1) is 0 Å². The van der Waals surface area contributed by atoms with Crippen LogP contribution in [0.1, 0.15) is 0 Å². The summed E-state index contributed by atoms with van der Waals surface area (Å²) in [6.07, 6.45) is 0. The van der Waals surface area contributed by atoms with E-state index in [2.05, 4.69) is 0 Å². The molecule has 122 valence electrons. The Hall–Kier alpha value is 1.69. The SMILES string of the molecule is O=S(=O)([O-])[O-].O=S(=O)([O-])[O-].O=S(=O)([O-])[O-].[Fe+3].[Fe+3].[Fe].[Fe]. The molecule has 0 saturated heterocycles. The molecule has 0 aromatic rings. The fourth-order valence-electron chi connectivity index (χ4n) is 0. The van der Waals surface area contributed by atoms with Gasteiger partial charge in [-0.1, -0.05) is 0 Å². The molecule has 0 aliphatic heterocycles. The second-order valence-corrected chi connectivity index (χ2v) is 3.67. The van der Waals surface area contributed by atoms with E-state index in [4.69, 9.17) is 52.6 Å². The summed E-state index contributed by atoms with van der Waals surface area (Å²) in [6.45, 7) is 0. The van der Waals surface area contributed by atoms with Crippen molar-refractivity contribution in [2.75, 3.05) is 0 Å². The Morgan fingerprint density at radius 1 is 0.421 bits per heavy atom.